The van der Waals surface area contributed by atoms with Crippen molar-refractivity contribution in [1.82, 2.24) is 4.90 Å². The third-order valence-electron chi connectivity index (χ3n) is 5.69. The molecule has 2 heterocycles. The largest absolute Gasteiger partial charge is 0.573 e. The van der Waals surface area contributed by atoms with E-state index >= 15 is 0 Å². The molecule has 1 saturated heterocycles. The normalized spacial score (nSPS) is 16.2. The molecular formula is C24H23F3N4O4. The summed E-state index contributed by atoms with van der Waals surface area (Å²) in [5.41, 5.74) is 7.80. The summed E-state index contributed by atoms with van der Waals surface area (Å²) in [5.74, 6) is -0.701. The number of alkyl halides is 3. The Kier molecular flexibility index (Phi) is 7.04. The molecule has 0 unspecified atom stereocenters. The zero-order chi connectivity index (χ0) is 25.0. The SMILES string of the molecule is NC(=O)c1cc(C2=CCN=N2)ccc1OC1CCN(C(=O)Cc2ccc(OC(F)(F)F)cc2)CC1. The van der Waals surface area contributed by atoms with Gasteiger partial charge < -0.3 is 20.1 Å². The summed E-state index contributed by atoms with van der Waals surface area (Å²) in [6.45, 7) is 1.40. The number of halogens is 3. The van der Waals surface area contributed by atoms with Gasteiger partial charge in [-0.25, -0.2) is 0 Å². The smallest absolute Gasteiger partial charge is 0.489 e. The number of carbonyl (C=O) groups excluding carboxylic acids is 2. The van der Waals surface area contributed by atoms with Crippen molar-refractivity contribution < 1.29 is 32.2 Å². The fourth-order valence-electron chi connectivity index (χ4n) is 3.94. The van der Waals surface area contributed by atoms with Crippen LogP contribution in [0.3, 0.4) is 0 Å². The number of likely N-dealkylation sites (tertiary alicyclic amines) is 1. The molecule has 35 heavy (non-hydrogen) atoms. The molecule has 4 rings (SSSR count). The molecule has 184 valence electrons. The molecule has 11 heteroatoms. The summed E-state index contributed by atoms with van der Waals surface area (Å²) in [6.07, 6.45) is -1.93. The highest BCUT2D eigenvalue weighted by atomic mass is 19.4. The van der Waals surface area contributed by atoms with Crippen LogP contribution >= 0.6 is 0 Å². The maximum Gasteiger partial charge on any atom is 0.573 e. The molecule has 0 aliphatic carbocycles. The molecule has 0 aromatic heterocycles. The van der Waals surface area contributed by atoms with Gasteiger partial charge in [-0.3, -0.25) is 9.59 Å². The lowest BCUT2D eigenvalue weighted by Crippen LogP contribution is -2.42. The number of amides is 2. The van der Waals surface area contributed by atoms with Crippen molar-refractivity contribution in [1.29, 1.82) is 0 Å². The van der Waals surface area contributed by atoms with Gasteiger partial charge in [-0.15, -0.1) is 13.2 Å². The van der Waals surface area contributed by atoms with Gasteiger partial charge >= 0.3 is 6.36 Å². The average Bonchev–Trinajstić information content (AvgIpc) is 3.35. The fraction of sp³-hybridized carbons (Fsp3) is 0.333. The Morgan fingerprint density at radius 1 is 1.09 bits per heavy atom. The maximum absolute atomic E-state index is 12.6. The molecule has 0 bridgehead atoms. The average molecular weight is 488 g/mol. The van der Waals surface area contributed by atoms with Crippen molar-refractivity contribution in [3.8, 4) is 11.5 Å². The number of benzene rings is 2. The maximum atomic E-state index is 12.6. The number of carbonyl (C=O) groups is 2. The minimum atomic E-state index is -4.76. The van der Waals surface area contributed by atoms with E-state index in [-0.39, 0.29) is 29.7 Å². The standard InChI is InChI=1S/C24H23F3N4O4/c25-24(26,27)35-18-4-1-15(2-5-18)13-22(32)31-11-8-17(9-12-31)34-21-6-3-16(14-19(21)23(28)33)20-7-10-29-30-20/h1-7,14,17H,8-13H2,(H2,28,33). The number of primary amides is 1. The van der Waals surface area contributed by atoms with E-state index in [9.17, 15) is 22.8 Å². The van der Waals surface area contributed by atoms with Crippen LogP contribution in [0, 0.1) is 0 Å². The summed E-state index contributed by atoms with van der Waals surface area (Å²) in [6, 6.07) is 10.4. The first-order chi connectivity index (χ1) is 16.7. The zero-order valence-electron chi connectivity index (χ0n) is 18.6. The fourth-order valence-corrected chi connectivity index (χ4v) is 3.94. The first-order valence-electron chi connectivity index (χ1n) is 11.0. The monoisotopic (exact) mass is 488 g/mol. The van der Waals surface area contributed by atoms with Crippen molar-refractivity contribution in [2.24, 2.45) is 16.0 Å². The molecule has 0 atom stereocenters. The van der Waals surface area contributed by atoms with Gasteiger partial charge in [0.1, 0.15) is 17.6 Å². The molecule has 2 aliphatic rings. The molecule has 0 saturated carbocycles. The molecule has 2 N–H and O–H groups in total. The summed E-state index contributed by atoms with van der Waals surface area (Å²) in [5, 5.41) is 7.93. The van der Waals surface area contributed by atoms with E-state index in [0.29, 0.717) is 49.5 Å². The van der Waals surface area contributed by atoms with Crippen LogP contribution < -0.4 is 15.2 Å². The van der Waals surface area contributed by atoms with Crippen LogP contribution in [0.15, 0.2) is 58.8 Å². The Bertz CT molecular complexity index is 1150. The van der Waals surface area contributed by atoms with E-state index in [0.717, 1.165) is 5.56 Å². The molecule has 0 radical (unpaired) electrons. The molecule has 2 aromatic rings. The van der Waals surface area contributed by atoms with Gasteiger partial charge in [-0.1, -0.05) is 12.1 Å². The Morgan fingerprint density at radius 3 is 2.40 bits per heavy atom. The molecular weight excluding hydrogens is 465 g/mol. The number of piperidine rings is 1. The Morgan fingerprint density at radius 2 is 1.80 bits per heavy atom. The van der Waals surface area contributed by atoms with Crippen molar-refractivity contribution in [3.63, 3.8) is 0 Å². The van der Waals surface area contributed by atoms with E-state index in [1.807, 2.05) is 6.08 Å². The van der Waals surface area contributed by atoms with E-state index < -0.39 is 12.3 Å². The molecule has 2 aliphatic heterocycles. The van der Waals surface area contributed by atoms with Gasteiger partial charge in [0.2, 0.25) is 5.91 Å². The predicted octanol–water partition coefficient (Wildman–Crippen LogP) is 4.10. The lowest BCUT2D eigenvalue weighted by Gasteiger charge is -2.32. The van der Waals surface area contributed by atoms with E-state index in [1.54, 1.807) is 23.1 Å². The molecule has 1 fully saturated rings. The first-order valence-corrected chi connectivity index (χ1v) is 11.0. The highest BCUT2D eigenvalue weighted by Gasteiger charge is 2.31. The van der Waals surface area contributed by atoms with Crippen LogP contribution in [0.4, 0.5) is 13.2 Å². The zero-order valence-corrected chi connectivity index (χ0v) is 18.6. The van der Waals surface area contributed by atoms with Crippen LogP contribution in [-0.2, 0) is 11.2 Å². The molecule has 2 amide bonds. The van der Waals surface area contributed by atoms with Crippen molar-refractivity contribution in [2.75, 3.05) is 19.6 Å². The predicted molar refractivity (Wildman–Crippen MR) is 120 cm³/mol. The first kappa shape index (κ1) is 24.2. The third-order valence-corrected chi connectivity index (χ3v) is 5.69. The number of hydrogen-bond donors (Lipinski definition) is 1. The van der Waals surface area contributed by atoms with Gasteiger partial charge in [0.05, 0.1) is 24.2 Å². The number of hydrogen-bond acceptors (Lipinski definition) is 6. The summed E-state index contributed by atoms with van der Waals surface area (Å²) < 4.78 is 46.7. The van der Waals surface area contributed by atoms with Crippen LogP contribution in [0.25, 0.3) is 5.70 Å². The number of ether oxygens (including phenoxy) is 2. The minimum Gasteiger partial charge on any atom is -0.489 e. The molecule has 0 spiro atoms. The van der Waals surface area contributed by atoms with Gasteiger partial charge in [0.25, 0.3) is 5.91 Å². The van der Waals surface area contributed by atoms with E-state index in [4.69, 9.17) is 10.5 Å². The lowest BCUT2D eigenvalue weighted by molar-refractivity contribution is -0.274. The third kappa shape index (κ3) is 6.37. The van der Waals surface area contributed by atoms with Gasteiger partial charge in [-0.2, -0.15) is 10.2 Å². The summed E-state index contributed by atoms with van der Waals surface area (Å²) in [7, 11) is 0. The Hall–Kier alpha value is -3.89. The van der Waals surface area contributed by atoms with E-state index in [1.165, 1.54) is 24.3 Å². The topological polar surface area (TPSA) is 107 Å². The van der Waals surface area contributed by atoms with Crippen LogP contribution in [0.5, 0.6) is 11.5 Å². The minimum absolute atomic E-state index is 0.0678. The van der Waals surface area contributed by atoms with Crippen molar-refractivity contribution in [2.45, 2.75) is 31.7 Å². The quantitative estimate of drug-likeness (QED) is 0.633. The number of nitrogens with zero attached hydrogens (tertiary/aromatic N) is 3. The number of azo groups is 1. The summed E-state index contributed by atoms with van der Waals surface area (Å²) >= 11 is 0. The van der Waals surface area contributed by atoms with Gasteiger partial charge in [0.15, 0.2) is 0 Å². The van der Waals surface area contributed by atoms with Gasteiger partial charge in [-0.05, 0) is 42.0 Å². The van der Waals surface area contributed by atoms with Crippen LogP contribution in [-0.4, -0.2) is 48.8 Å². The van der Waals surface area contributed by atoms with Crippen molar-refractivity contribution >= 4 is 17.5 Å². The Labute approximate surface area is 199 Å². The highest BCUT2D eigenvalue weighted by molar-refractivity contribution is 5.96. The van der Waals surface area contributed by atoms with Crippen LogP contribution in [0.2, 0.25) is 0 Å². The number of nitrogens with two attached hydrogens (primary N) is 1. The molecule has 2 aromatic carbocycles. The second kappa shape index (κ2) is 10.2. The van der Waals surface area contributed by atoms with Crippen molar-refractivity contribution in [3.05, 3.63) is 65.2 Å². The number of rotatable bonds is 7. The highest BCUT2D eigenvalue weighted by Crippen LogP contribution is 2.29. The summed E-state index contributed by atoms with van der Waals surface area (Å²) in [4.78, 5) is 26.3. The second-order valence-electron chi connectivity index (χ2n) is 8.16. The van der Waals surface area contributed by atoms with Crippen LogP contribution in [0.1, 0.15) is 34.3 Å². The second-order valence-corrected chi connectivity index (χ2v) is 8.16. The van der Waals surface area contributed by atoms with Gasteiger partial charge in [0, 0.05) is 31.5 Å². The molecule has 8 nitrogen and oxygen atoms in total. The van der Waals surface area contributed by atoms with E-state index in [2.05, 4.69) is 15.0 Å². The Balaban J connectivity index is 1.31. The lowest BCUT2D eigenvalue weighted by atomic mass is 10.0.